The van der Waals surface area contributed by atoms with Gasteiger partial charge in [0.15, 0.2) is 11.5 Å². The number of H-pyrrole nitrogens is 1. The van der Waals surface area contributed by atoms with E-state index in [1.807, 2.05) is 5.32 Å². The Hall–Kier alpha value is -3.41. The first kappa shape index (κ1) is 22.8. The Kier molecular flexibility index (Phi) is 6.11. The molecule has 0 bridgehead atoms. The number of anilines is 1. The molecule has 0 aliphatic carbocycles. The van der Waals surface area contributed by atoms with Crippen molar-refractivity contribution in [2.24, 2.45) is 0 Å². The molecule has 33 heavy (non-hydrogen) atoms. The van der Waals surface area contributed by atoms with Gasteiger partial charge in [0, 0.05) is 37.4 Å². The van der Waals surface area contributed by atoms with Crippen LogP contribution in [-0.4, -0.2) is 64.2 Å². The SMILES string of the molecule is COC(=O)c1cc(N2CCC[C@@H]2C(=O)NCC(F)(F)F)nc(-c2c[nH]c3ncc(Cl)cc23)n1.[HH]. The van der Waals surface area contributed by atoms with E-state index in [1.54, 1.807) is 17.2 Å². The zero-order valence-electron chi connectivity index (χ0n) is 17.2. The zero-order chi connectivity index (χ0) is 23.8. The van der Waals surface area contributed by atoms with Crippen LogP contribution in [-0.2, 0) is 9.53 Å². The standard InChI is InChI=1S/C20H18ClF3N6O3.H2/c1-33-19(32)13-6-15(30-4-2-3-14(30)18(31)27-9-20(22,23)24)29-17(28-13)12-8-26-16-11(12)5-10(21)7-25-16;/h5-8,14H,2-4,9H2,1H3,(H,25,26)(H,27,31);1H/t14-;/m1./s1. The van der Waals surface area contributed by atoms with Gasteiger partial charge < -0.3 is 19.9 Å². The molecule has 0 unspecified atom stereocenters. The van der Waals surface area contributed by atoms with Crippen molar-refractivity contribution < 1.29 is 28.9 Å². The van der Waals surface area contributed by atoms with Gasteiger partial charge in [-0.1, -0.05) is 11.6 Å². The van der Waals surface area contributed by atoms with Gasteiger partial charge in [0.25, 0.3) is 0 Å². The minimum absolute atomic E-state index is 0. The number of amides is 1. The van der Waals surface area contributed by atoms with E-state index in [1.165, 1.54) is 19.4 Å². The van der Waals surface area contributed by atoms with E-state index < -0.39 is 30.6 Å². The van der Waals surface area contributed by atoms with E-state index >= 15 is 0 Å². The number of esters is 1. The van der Waals surface area contributed by atoms with Crippen molar-refractivity contribution in [3.05, 3.63) is 35.2 Å². The number of carbonyl (C=O) groups excluding carboxylic acids is 2. The third kappa shape index (κ3) is 4.85. The first-order valence-corrected chi connectivity index (χ1v) is 10.3. The molecular formula is C20H20ClF3N6O3. The van der Waals surface area contributed by atoms with E-state index in [0.29, 0.717) is 41.0 Å². The van der Waals surface area contributed by atoms with Crippen LogP contribution in [0.2, 0.25) is 5.02 Å². The average molecular weight is 485 g/mol. The lowest BCUT2D eigenvalue weighted by Crippen LogP contribution is -2.46. The lowest BCUT2D eigenvalue weighted by atomic mass is 10.2. The van der Waals surface area contributed by atoms with Crippen molar-refractivity contribution in [3.8, 4) is 11.4 Å². The second-order valence-electron chi connectivity index (χ2n) is 7.36. The Balaban J connectivity index is 0.00000324. The van der Waals surface area contributed by atoms with Crippen LogP contribution in [0.1, 0.15) is 24.8 Å². The summed E-state index contributed by atoms with van der Waals surface area (Å²) in [5.74, 6) is -1.14. The van der Waals surface area contributed by atoms with Gasteiger partial charge in [-0.05, 0) is 18.9 Å². The fourth-order valence-corrected chi connectivity index (χ4v) is 3.85. The average Bonchev–Trinajstić information content (AvgIpc) is 3.43. The number of aromatic nitrogens is 4. The van der Waals surface area contributed by atoms with Crippen LogP contribution in [0.5, 0.6) is 0 Å². The molecule has 4 heterocycles. The lowest BCUT2D eigenvalue weighted by molar-refractivity contribution is -0.139. The minimum Gasteiger partial charge on any atom is -0.464 e. The largest absolute Gasteiger partial charge is 0.464 e. The van der Waals surface area contributed by atoms with Crippen LogP contribution in [0.15, 0.2) is 24.5 Å². The molecule has 1 aliphatic rings. The summed E-state index contributed by atoms with van der Waals surface area (Å²) in [6.45, 7) is -1.07. The number of carbonyl (C=O) groups is 2. The maximum atomic E-state index is 12.6. The van der Waals surface area contributed by atoms with Crippen LogP contribution < -0.4 is 10.2 Å². The summed E-state index contributed by atoms with van der Waals surface area (Å²) in [7, 11) is 1.20. The lowest BCUT2D eigenvalue weighted by Gasteiger charge is -2.25. The number of aromatic amines is 1. The number of methoxy groups -OCH3 is 1. The first-order valence-electron chi connectivity index (χ1n) is 9.88. The van der Waals surface area contributed by atoms with Gasteiger partial charge in [-0.3, -0.25) is 4.79 Å². The van der Waals surface area contributed by atoms with Gasteiger partial charge in [0.2, 0.25) is 5.91 Å². The fraction of sp³-hybridized carbons (Fsp3) is 0.350. The molecule has 1 aliphatic heterocycles. The van der Waals surface area contributed by atoms with Gasteiger partial charge in [-0.25, -0.2) is 19.7 Å². The second kappa shape index (κ2) is 8.85. The zero-order valence-corrected chi connectivity index (χ0v) is 18.0. The number of pyridine rings is 1. The third-order valence-electron chi connectivity index (χ3n) is 5.16. The summed E-state index contributed by atoms with van der Waals surface area (Å²) in [5, 5.41) is 2.91. The molecule has 3 aromatic heterocycles. The molecule has 0 aromatic carbocycles. The number of alkyl halides is 3. The minimum atomic E-state index is -4.52. The van der Waals surface area contributed by atoms with Gasteiger partial charge in [0.05, 0.1) is 12.1 Å². The van der Waals surface area contributed by atoms with Gasteiger partial charge in [-0.15, -0.1) is 0 Å². The molecule has 1 atom stereocenters. The Morgan fingerprint density at radius 1 is 1.36 bits per heavy atom. The molecule has 0 spiro atoms. The number of rotatable bonds is 5. The van der Waals surface area contributed by atoms with Gasteiger partial charge in [-0.2, -0.15) is 13.2 Å². The normalized spacial score (nSPS) is 16.3. The second-order valence-corrected chi connectivity index (χ2v) is 7.80. The van der Waals surface area contributed by atoms with Crippen molar-refractivity contribution >= 4 is 40.3 Å². The summed E-state index contributed by atoms with van der Waals surface area (Å²) in [4.78, 5) is 42.2. The fourth-order valence-electron chi connectivity index (χ4n) is 3.69. The maximum Gasteiger partial charge on any atom is 0.405 e. The molecule has 1 amide bonds. The highest BCUT2D eigenvalue weighted by Gasteiger charge is 2.35. The highest BCUT2D eigenvalue weighted by Crippen LogP contribution is 2.31. The molecule has 2 N–H and O–H groups in total. The molecule has 13 heteroatoms. The molecule has 4 rings (SSSR count). The van der Waals surface area contributed by atoms with Crippen LogP contribution in [0.4, 0.5) is 19.0 Å². The van der Waals surface area contributed by atoms with Crippen molar-refractivity contribution in [2.45, 2.75) is 25.1 Å². The number of nitrogens with one attached hydrogen (secondary N) is 2. The summed E-state index contributed by atoms with van der Waals surface area (Å²) in [6, 6.07) is 2.14. The van der Waals surface area contributed by atoms with E-state index in [4.69, 9.17) is 16.3 Å². The summed E-state index contributed by atoms with van der Waals surface area (Å²) in [6.07, 6.45) is -0.557. The van der Waals surface area contributed by atoms with Crippen LogP contribution in [0.3, 0.4) is 0 Å². The third-order valence-corrected chi connectivity index (χ3v) is 5.37. The number of fused-ring (bicyclic) bond motifs is 1. The van der Waals surface area contributed by atoms with Crippen LogP contribution in [0.25, 0.3) is 22.4 Å². The monoisotopic (exact) mass is 484 g/mol. The number of ether oxygens (including phenoxy) is 1. The predicted molar refractivity (Wildman–Crippen MR) is 115 cm³/mol. The summed E-state index contributed by atoms with van der Waals surface area (Å²) in [5.41, 5.74) is 0.959. The quantitative estimate of drug-likeness (QED) is 0.534. The van der Waals surface area contributed by atoms with Crippen molar-refractivity contribution in [1.82, 2.24) is 25.3 Å². The Bertz CT molecular complexity index is 1220. The topological polar surface area (TPSA) is 113 Å². The Labute approximate surface area is 191 Å². The number of nitrogens with zero attached hydrogens (tertiary/aromatic N) is 4. The molecule has 0 saturated carbocycles. The molecule has 3 aromatic rings. The smallest absolute Gasteiger partial charge is 0.405 e. The maximum absolute atomic E-state index is 12.6. The highest BCUT2D eigenvalue weighted by molar-refractivity contribution is 6.31. The molecule has 0 radical (unpaired) electrons. The number of hydrogen-bond donors (Lipinski definition) is 2. The van der Waals surface area contributed by atoms with E-state index in [9.17, 15) is 22.8 Å². The van der Waals surface area contributed by atoms with E-state index in [-0.39, 0.29) is 18.8 Å². The van der Waals surface area contributed by atoms with Crippen LogP contribution in [0, 0.1) is 0 Å². The van der Waals surface area contributed by atoms with Crippen LogP contribution >= 0.6 is 11.6 Å². The highest BCUT2D eigenvalue weighted by atomic mass is 35.5. The van der Waals surface area contributed by atoms with Crippen molar-refractivity contribution in [2.75, 3.05) is 25.1 Å². The molecule has 9 nitrogen and oxygen atoms in total. The molecule has 176 valence electrons. The number of halogens is 4. The van der Waals surface area contributed by atoms with Crippen molar-refractivity contribution in [1.29, 1.82) is 0 Å². The van der Waals surface area contributed by atoms with Gasteiger partial charge >= 0.3 is 12.1 Å². The van der Waals surface area contributed by atoms with E-state index in [0.717, 1.165) is 0 Å². The molecular weight excluding hydrogens is 465 g/mol. The van der Waals surface area contributed by atoms with E-state index in [2.05, 4.69) is 19.9 Å². The van der Waals surface area contributed by atoms with Crippen molar-refractivity contribution in [3.63, 3.8) is 0 Å². The summed E-state index contributed by atoms with van der Waals surface area (Å²) < 4.78 is 42.4. The molecule has 1 saturated heterocycles. The summed E-state index contributed by atoms with van der Waals surface area (Å²) >= 11 is 6.07. The molecule has 1 fully saturated rings. The first-order chi connectivity index (χ1) is 15.7. The Morgan fingerprint density at radius 2 is 2.15 bits per heavy atom. The predicted octanol–water partition coefficient (Wildman–Crippen LogP) is 3.35. The number of hydrogen-bond acceptors (Lipinski definition) is 7. The Morgan fingerprint density at radius 3 is 2.88 bits per heavy atom. The van der Waals surface area contributed by atoms with Gasteiger partial charge in [0.1, 0.15) is 24.1 Å².